The molecule has 1 saturated heterocycles. The van der Waals surface area contributed by atoms with Crippen molar-refractivity contribution in [2.45, 2.75) is 35.8 Å². The molecule has 0 spiro atoms. The molecule has 0 bridgehead atoms. The van der Waals surface area contributed by atoms with Gasteiger partial charge < -0.3 is 15.7 Å². The average molecular weight is 320 g/mol. The molecule has 2 atom stereocenters. The molecule has 3 N–H and O–H groups in total. The van der Waals surface area contributed by atoms with Crippen LogP contribution >= 0.6 is 11.8 Å². The Kier molecular flexibility index (Phi) is 4.67. The van der Waals surface area contributed by atoms with Gasteiger partial charge in [-0.25, -0.2) is 0 Å². The van der Waals surface area contributed by atoms with Gasteiger partial charge in [-0.15, -0.1) is 11.8 Å². The number of benzene rings is 1. The van der Waals surface area contributed by atoms with Crippen molar-refractivity contribution in [1.29, 1.82) is 0 Å². The number of thioether (sulfide) groups is 1. The van der Waals surface area contributed by atoms with E-state index in [1.165, 1.54) is 17.8 Å². The summed E-state index contributed by atoms with van der Waals surface area (Å²) in [5.74, 6) is -0.338. The highest BCUT2D eigenvalue weighted by Gasteiger charge is 2.32. The summed E-state index contributed by atoms with van der Waals surface area (Å²) in [6, 6.07) is 3.25. The first-order chi connectivity index (χ1) is 9.82. The number of ether oxygens (including phenoxy) is 1. The van der Waals surface area contributed by atoms with Crippen molar-refractivity contribution in [3.8, 4) is 0 Å². The Balaban J connectivity index is 2.36. The predicted molar refractivity (Wildman–Crippen MR) is 73.6 cm³/mol. The van der Waals surface area contributed by atoms with Gasteiger partial charge in [0.25, 0.3) is 0 Å². The standard InChI is InChI=1S/C13H15F3N2O2S/c1-7-10(4-5-20-7)21-11-3-2-8(13(14,15)16)6-9(11)12(17)18-19/h2-3,6-7,10,19H,4-5H2,1H3,(H2,17,18). The van der Waals surface area contributed by atoms with Crippen molar-refractivity contribution in [2.24, 2.45) is 10.9 Å². The zero-order valence-electron chi connectivity index (χ0n) is 11.2. The van der Waals surface area contributed by atoms with Crippen LogP contribution in [0.1, 0.15) is 24.5 Å². The SMILES string of the molecule is CC1OCCC1Sc1ccc(C(F)(F)F)cc1/C(N)=N/O. The molecule has 0 amide bonds. The average Bonchev–Trinajstić information content (AvgIpc) is 2.82. The first kappa shape index (κ1) is 16.0. The molecule has 4 nitrogen and oxygen atoms in total. The molecule has 116 valence electrons. The maximum absolute atomic E-state index is 12.8. The predicted octanol–water partition coefficient (Wildman–Crippen LogP) is 3.07. The largest absolute Gasteiger partial charge is 0.416 e. The molecule has 2 unspecified atom stereocenters. The van der Waals surface area contributed by atoms with Crippen molar-refractivity contribution in [2.75, 3.05) is 6.61 Å². The number of oxime groups is 1. The van der Waals surface area contributed by atoms with Crippen LogP contribution in [0.2, 0.25) is 0 Å². The first-order valence-electron chi connectivity index (χ1n) is 6.30. The van der Waals surface area contributed by atoms with E-state index in [1.54, 1.807) is 0 Å². The molecule has 1 fully saturated rings. The molecular weight excluding hydrogens is 305 g/mol. The van der Waals surface area contributed by atoms with E-state index in [0.29, 0.717) is 11.5 Å². The molecule has 0 aromatic heterocycles. The fourth-order valence-corrected chi connectivity index (χ4v) is 3.34. The number of halogens is 3. The molecule has 1 aromatic rings. The summed E-state index contributed by atoms with van der Waals surface area (Å²) < 4.78 is 43.7. The lowest BCUT2D eigenvalue weighted by molar-refractivity contribution is -0.137. The maximum atomic E-state index is 12.8. The third-order valence-corrected chi connectivity index (χ3v) is 4.81. The number of rotatable bonds is 3. The summed E-state index contributed by atoms with van der Waals surface area (Å²) in [6.45, 7) is 2.54. The van der Waals surface area contributed by atoms with E-state index in [1.807, 2.05) is 6.92 Å². The van der Waals surface area contributed by atoms with Crippen molar-refractivity contribution in [3.05, 3.63) is 29.3 Å². The van der Waals surface area contributed by atoms with E-state index in [2.05, 4.69) is 5.16 Å². The van der Waals surface area contributed by atoms with Crippen LogP contribution in [0, 0.1) is 0 Å². The number of nitrogens with two attached hydrogens (primary N) is 1. The number of alkyl halides is 3. The quantitative estimate of drug-likeness (QED) is 0.389. The van der Waals surface area contributed by atoms with Crippen LogP contribution in [-0.4, -0.2) is 29.0 Å². The van der Waals surface area contributed by atoms with E-state index < -0.39 is 11.7 Å². The van der Waals surface area contributed by atoms with E-state index in [4.69, 9.17) is 15.7 Å². The Labute approximate surface area is 124 Å². The maximum Gasteiger partial charge on any atom is 0.416 e. The van der Waals surface area contributed by atoms with Gasteiger partial charge in [0.2, 0.25) is 0 Å². The molecular formula is C13H15F3N2O2S. The Bertz CT molecular complexity index is 549. The zero-order chi connectivity index (χ0) is 15.6. The molecule has 1 heterocycles. The van der Waals surface area contributed by atoms with Gasteiger partial charge in [0.05, 0.1) is 11.7 Å². The Morgan fingerprint density at radius 1 is 1.48 bits per heavy atom. The van der Waals surface area contributed by atoms with Crippen LogP contribution in [0.25, 0.3) is 0 Å². The molecule has 1 aromatic carbocycles. The Hall–Kier alpha value is -1.41. The lowest BCUT2D eigenvalue weighted by atomic mass is 10.1. The van der Waals surface area contributed by atoms with Crippen LogP contribution in [0.15, 0.2) is 28.3 Å². The molecule has 0 saturated carbocycles. The summed E-state index contributed by atoms with van der Waals surface area (Å²) in [4.78, 5) is 0.542. The van der Waals surface area contributed by atoms with Gasteiger partial charge in [0, 0.05) is 22.3 Å². The van der Waals surface area contributed by atoms with Crippen LogP contribution in [0.4, 0.5) is 13.2 Å². The van der Waals surface area contributed by atoms with Crippen molar-refractivity contribution >= 4 is 17.6 Å². The molecule has 1 aliphatic rings. The summed E-state index contributed by atoms with van der Waals surface area (Å²) in [5, 5.41) is 11.7. The van der Waals surface area contributed by atoms with Crippen LogP contribution in [-0.2, 0) is 10.9 Å². The Morgan fingerprint density at radius 3 is 2.71 bits per heavy atom. The van der Waals surface area contributed by atoms with Crippen LogP contribution in [0.3, 0.4) is 0 Å². The lowest BCUT2D eigenvalue weighted by Crippen LogP contribution is -2.18. The minimum absolute atomic E-state index is 0.0115. The van der Waals surface area contributed by atoms with Gasteiger partial charge in [-0.3, -0.25) is 0 Å². The zero-order valence-corrected chi connectivity index (χ0v) is 12.0. The van der Waals surface area contributed by atoms with Crippen molar-refractivity contribution in [3.63, 3.8) is 0 Å². The second-order valence-electron chi connectivity index (χ2n) is 4.71. The minimum Gasteiger partial charge on any atom is -0.409 e. The van der Waals surface area contributed by atoms with Crippen molar-refractivity contribution in [1.82, 2.24) is 0 Å². The van der Waals surface area contributed by atoms with Gasteiger partial charge in [-0.2, -0.15) is 13.2 Å². The van der Waals surface area contributed by atoms with Crippen molar-refractivity contribution < 1.29 is 23.1 Å². The van der Waals surface area contributed by atoms with Gasteiger partial charge in [-0.1, -0.05) is 5.16 Å². The van der Waals surface area contributed by atoms with E-state index in [0.717, 1.165) is 18.6 Å². The summed E-state index contributed by atoms with van der Waals surface area (Å²) in [6.07, 6.45) is -3.66. The van der Waals surface area contributed by atoms with Crippen LogP contribution < -0.4 is 5.73 Å². The summed E-state index contributed by atoms with van der Waals surface area (Å²) in [7, 11) is 0. The summed E-state index contributed by atoms with van der Waals surface area (Å²) in [5.41, 5.74) is 4.75. The number of hydrogen-bond donors (Lipinski definition) is 2. The topological polar surface area (TPSA) is 67.8 Å². The highest BCUT2D eigenvalue weighted by Crippen LogP contribution is 2.37. The fraction of sp³-hybridized carbons (Fsp3) is 0.462. The number of hydrogen-bond acceptors (Lipinski definition) is 4. The fourth-order valence-electron chi connectivity index (χ4n) is 2.09. The second kappa shape index (κ2) is 6.15. The molecule has 1 aliphatic heterocycles. The number of amidine groups is 1. The highest BCUT2D eigenvalue weighted by atomic mass is 32.2. The molecule has 2 rings (SSSR count). The van der Waals surface area contributed by atoms with Gasteiger partial charge >= 0.3 is 6.18 Å². The Morgan fingerprint density at radius 2 is 2.19 bits per heavy atom. The van der Waals surface area contributed by atoms with E-state index in [9.17, 15) is 13.2 Å². The molecule has 8 heteroatoms. The van der Waals surface area contributed by atoms with Gasteiger partial charge in [-0.05, 0) is 31.5 Å². The third kappa shape index (κ3) is 3.62. The first-order valence-corrected chi connectivity index (χ1v) is 7.18. The number of nitrogens with zero attached hydrogens (tertiary/aromatic N) is 1. The van der Waals surface area contributed by atoms with Gasteiger partial charge in [0.15, 0.2) is 5.84 Å². The normalized spacial score (nSPS) is 23.5. The second-order valence-corrected chi connectivity index (χ2v) is 6.00. The lowest BCUT2D eigenvalue weighted by Gasteiger charge is -2.17. The van der Waals surface area contributed by atoms with E-state index >= 15 is 0 Å². The van der Waals surface area contributed by atoms with E-state index in [-0.39, 0.29) is 22.8 Å². The molecule has 0 radical (unpaired) electrons. The smallest absolute Gasteiger partial charge is 0.409 e. The molecule has 0 aliphatic carbocycles. The van der Waals surface area contributed by atoms with Gasteiger partial charge in [0.1, 0.15) is 0 Å². The van der Waals surface area contributed by atoms with Crippen LogP contribution in [0.5, 0.6) is 0 Å². The highest BCUT2D eigenvalue weighted by molar-refractivity contribution is 8.00. The monoisotopic (exact) mass is 320 g/mol. The third-order valence-electron chi connectivity index (χ3n) is 3.28. The molecule has 21 heavy (non-hydrogen) atoms. The summed E-state index contributed by atoms with van der Waals surface area (Å²) >= 11 is 1.38. The minimum atomic E-state index is -4.47.